The molecule has 0 aliphatic heterocycles. The van der Waals surface area contributed by atoms with Crippen molar-refractivity contribution in [2.24, 2.45) is 5.10 Å². The van der Waals surface area contributed by atoms with E-state index in [2.05, 4.69) is 45.4 Å². The highest BCUT2D eigenvalue weighted by Gasteiger charge is 2.10. The summed E-state index contributed by atoms with van der Waals surface area (Å²) >= 11 is 0. The third-order valence-corrected chi connectivity index (χ3v) is 5.52. The molecule has 1 N–H and O–H groups in total. The maximum atomic E-state index is 13.0. The van der Waals surface area contributed by atoms with Crippen LogP contribution in [-0.4, -0.2) is 20.9 Å². The molecule has 0 spiro atoms. The Balaban J connectivity index is 1.57. The summed E-state index contributed by atoms with van der Waals surface area (Å²) in [7, 11) is 0. The van der Waals surface area contributed by atoms with Crippen molar-refractivity contribution in [3.05, 3.63) is 101 Å². The molecule has 0 atom stereocenters. The first-order valence-corrected chi connectivity index (χ1v) is 9.72. The molecule has 0 radical (unpaired) electrons. The van der Waals surface area contributed by atoms with Crippen molar-refractivity contribution in [2.45, 2.75) is 0 Å². The topological polar surface area (TPSA) is 63.0 Å². The Morgan fingerprint density at radius 1 is 0.833 bits per heavy atom. The minimum atomic E-state index is -0.225. The number of nitrogens with one attached hydrogen (secondary N) is 1. The van der Waals surface area contributed by atoms with Crippen molar-refractivity contribution in [1.29, 1.82) is 0 Å². The van der Waals surface area contributed by atoms with Crippen molar-refractivity contribution < 1.29 is 0 Å². The molecule has 142 valence electrons. The second-order valence-corrected chi connectivity index (χ2v) is 7.27. The lowest BCUT2D eigenvalue weighted by atomic mass is 9.97. The van der Waals surface area contributed by atoms with E-state index in [0.29, 0.717) is 11.0 Å². The van der Waals surface area contributed by atoms with E-state index < -0.39 is 0 Å². The zero-order chi connectivity index (χ0) is 20.1. The van der Waals surface area contributed by atoms with Gasteiger partial charge >= 0.3 is 0 Å². The van der Waals surface area contributed by atoms with Gasteiger partial charge in [0.1, 0.15) is 17.4 Å². The van der Waals surface area contributed by atoms with Crippen LogP contribution in [0.1, 0.15) is 5.56 Å². The average Bonchev–Trinajstić information content (AvgIpc) is 3.17. The quantitative estimate of drug-likeness (QED) is 0.333. The summed E-state index contributed by atoms with van der Waals surface area (Å²) in [5, 5.41) is 9.87. The van der Waals surface area contributed by atoms with Gasteiger partial charge in [0.05, 0.1) is 6.21 Å². The van der Waals surface area contributed by atoms with Gasteiger partial charge in [-0.3, -0.25) is 4.79 Å². The van der Waals surface area contributed by atoms with Crippen LogP contribution in [0.25, 0.3) is 43.5 Å². The number of nitrogens with zero attached hydrogens (tertiary/aromatic N) is 3. The first kappa shape index (κ1) is 16.7. The van der Waals surface area contributed by atoms with Crippen LogP contribution in [0.4, 0.5) is 0 Å². The van der Waals surface area contributed by atoms with Gasteiger partial charge < -0.3 is 4.98 Å². The van der Waals surface area contributed by atoms with Gasteiger partial charge in [0.15, 0.2) is 0 Å². The van der Waals surface area contributed by atoms with Gasteiger partial charge in [0.2, 0.25) is 0 Å². The fourth-order valence-electron chi connectivity index (χ4n) is 4.09. The Morgan fingerprint density at radius 2 is 1.47 bits per heavy atom. The van der Waals surface area contributed by atoms with E-state index in [-0.39, 0.29) is 5.56 Å². The fraction of sp³-hybridized carbons (Fsp3) is 0. The fourth-order valence-corrected chi connectivity index (χ4v) is 4.09. The summed E-state index contributed by atoms with van der Waals surface area (Å²) in [4.78, 5) is 20.7. The van der Waals surface area contributed by atoms with Gasteiger partial charge in [-0.25, -0.2) is 4.98 Å². The molecule has 0 fully saturated rings. The van der Waals surface area contributed by atoms with Crippen LogP contribution in [0.5, 0.6) is 0 Å². The Hall–Kier alpha value is -4.25. The molecule has 0 aliphatic rings. The van der Waals surface area contributed by atoms with Crippen LogP contribution in [0, 0.1) is 0 Å². The zero-order valence-electron chi connectivity index (χ0n) is 15.9. The maximum Gasteiger partial charge on any atom is 0.298 e. The standard InChI is InChI=1S/C25H16N4O/c30-25-24-23(20-11-5-6-12-22(20)28-24)26-15-29(25)27-14-21-18-9-3-1-7-16(18)13-17-8-2-4-10-19(17)21/h1-15,28H. The smallest absolute Gasteiger partial charge is 0.298 e. The number of aromatic nitrogens is 3. The monoisotopic (exact) mass is 388 g/mol. The van der Waals surface area contributed by atoms with E-state index in [9.17, 15) is 4.79 Å². The Labute approximate surface area is 170 Å². The Bertz CT molecular complexity index is 1620. The predicted octanol–water partition coefficient (Wildman–Crippen LogP) is 5.07. The first-order valence-electron chi connectivity index (χ1n) is 9.72. The molecule has 6 aromatic rings. The third-order valence-electron chi connectivity index (χ3n) is 5.52. The lowest BCUT2D eigenvalue weighted by Crippen LogP contribution is -2.17. The van der Waals surface area contributed by atoms with Gasteiger partial charge in [0.25, 0.3) is 5.56 Å². The molecule has 0 bridgehead atoms. The maximum absolute atomic E-state index is 13.0. The van der Waals surface area contributed by atoms with Crippen molar-refractivity contribution in [3.63, 3.8) is 0 Å². The van der Waals surface area contributed by atoms with Gasteiger partial charge in [-0.05, 0) is 33.7 Å². The number of H-pyrrole nitrogens is 1. The van der Waals surface area contributed by atoms with E-state index in [1.807, 2.05) is 48.5 Å². The molecule has 4 aromatic carbocycles. The molecule has 5 heteroatoms. The average molecular weight is 388 g/mol. The highest BCUT2D eigenvalue weighted by atomic mass is 16.1. The Kier molecular flexibility index (Phi) is 3.55. The molecule has 0 saturated carbocycles. The largest absolute Gasteiger partial charge is 0.349 e. The number of hydrogen-bond acceptors (Lipinski definition) is 3. The normalized spacial score (nSPS) is 12.0. The summed E-state index contributed by atoms with van der Waals surface area (Å²) in [6.07, 6.45) is 3.23. The van der Waals surface area contributed by atoms with Crippen LogP contribution in [0.3, 0.4) is 0 Å². The number of aromatic amines is 1. The molecule has 0 saturated heterocycles. The minimum absolute atomic E-state index is 0.225. The molecule has 0 unspecified atom stereocenters. The van der Waals surface area contributed by atoms with Crippen LogP contribution >= 0.6 is 0 Å². The zero-order valence-corrected chi connectivity index (χ0v) is 15.9. The summed E-state index contributed by atoms with van der Waals surface area (Å²) in [6, 6.07) is 26.3. The van der Waals surface area contributed by atoms with E-state index >= 15 is 0 Å². The third kappa shape index (κ3) is 2.46. The van der Waals surface area contributed by atoms with E-state index in [4.69, 9.17) is 0 Å². The van der Waals surface area contributed by atoms with Crippen molar-refractivity contribution in [2.75, 3.05) is 0 Å². The van der Waals surface area contributed by atoms with E-state index in [1.165, 1.54) is 11.0 Å². The molecular weight excluding hydrogens is 372 g/mol. The molecule has 30 heavy (non-hydrogen) atoms. The van der Waals surface area contributed by atoms with Crippen molar-refractivity contribution in [1.82, 2.24) is 14.6 Å². The second-order valence-electron chi connectivity index (χ2n) is 7.27. The lowest BCUT2D eigenvalue weighted by Gasteiger charge is -2.08. The summed E-state index contributed by atoms with van der Waals surface area (Å²) < 4.78 is 1.29. The van der Waals surface area contributed by atoms with Crippen LogP contribution in [-0.2, 0) is 0 Å². The van der Waals surface area contributed by atoms with Crippen LogP contribution < -0.4 is 5.56 Å². The van der Waals surface area contributed by atoms with Gasteiger partial charge in [0, 0.05) is 16.5 Å². The minimum Gasteiger partial charge on any atom is -0.349 e. The highest BCUT2D eigenvalue weighted by Crippen LogP contribution is 2.27. The van der Waals surface area contributed by atoms with Gasteiger partial charge in [-0.1, -0.05) is 66.7 Å². The molecule has 0 aliphatic carbocycles. The molecule has 6 rings (SSSR count). The Morgan fingerprint density at radius 3 is 2.20 bits per heavy atom. The van der Waals surface area contributed by atoms with Crippen molar-refractivity contribution >= 4 is 49.7 Å². The number of benzene rings is 4. The molecule has 2 heterocycles. The predicted molar refractivity (Wildman–Crippen MR) is 122 cm³/mol. The van der Waals surface area contributed by atoms with Gasteiger partial charge in [-0.2, -0.15) is 9.78 Å². The summed E-state index contributed by atoms with van der Waals surface area (Å²) in [5.74, 6) is 0. The number of hydrogen-bond donors (Lipinski definition) is 1. The summed E-state index contributed by atoms with van der Waals surface area (Å²) in [5.41, 5.74) is 2.76. The van der Waals surface area contributed by atoms with Gasteiger partial charge in [-0.15, -0.1) is 0 Å². The summed E-state index contributed by atoms with van der Waals surface area (Å²) in [6.45, 7) is 0. The number of para-hydroxylation sites is 1. The number of rotatable bonds is 2. The van der Waals surface area contributed by atoms with Crippen LogP contribution in [0.2, 0.25) is 0 Å². The SMILES string of the molecule is O=c1c2[nH]c3ccccc3c2ncn1N=Cc1c2ccccc2cc2ccccc12. The first-order chi connectivity index (χ1) is 14.8. The molecule has 5 nitrogen and oxygen atoms in total. The number of fused-ring (bicyclic) bond motifs is 5. The van der Waals surface area contributed by atoms with Crippen LogP contribution in [0.15, 0.2) is 95.1 Å². The lowest BCUT2D eigenvalue weighted by molar-refractivity contribution is 0.816. The molecule has 2 aromatic heterocycles. The van der Waals surface area contributed by atoms with Crippen molar-refractivity contribution in [3.8, 4) is 0 Å². The molecular formula is C25H16N4O. The second kappa shape index (κ2) is 6.39. The van der Waals surface area contributed by atoms with E-state index in [0.717, 1.165) is 38.0 Å². The highest BCUT2D eigenvalue weighted by molar-refractivity contribution is 6.13. The molecule has 0 amide bonds. The van der Waals surface area contributed by atoms with E-state index in [1.54, 1.807) is 6.21 Å².